The first-order chi connectivity index (χ1) is 6.05. The van der Waals surface area contributed by atoms with Crippen molar-refractivity contribution in [3.05, 3.63) is 0 Å². The third kappa shape index (κ3) is 3.00. The van der Waals surface area contributed by atoms with E-state index in [4.69, 9.17) is 9.47 Å². The van der Waals surface area contributed by atoms with Crippen molar-refractivity contribution in [3.8, 4) is 11.8 Å². The van der Waals surface area contributed by atoms with Gasteiger partial charge in [-0.2, -0.15) is 0 Å². The van der Waals surface area contributed by atoms with Crippen molar-refractivity contribution in [2.75, 3.05) is 6.61 Å². The Balaban J connectivity index is 2.40. The molecule has 3 heteroatoms. The normalized spacial score (nSPS) is 27.8. The lowest BCUT2D eigenvalue weighted by atomic mass is 10.1. The molecule has 0 aliphatic carbocycles. The quantitative estimate of drug-likeness (QED) is 0.648. The van der Waals surface area contributed by atoms with Gasteiger partial charge in [-0.1, -0.05) is 0 Å². The maximum atomic E-state index is 9.60. The monoisotopic (exact) mass is 184 g/mol. The van der Waals surface area contributed by atoms with Crippen molar-refractivity contribution in [1.29, 1.82) is 0 Å². The van der Waals surface area contributed by atoms with Gasteiger partial charge in [0.1, 0.15) is 6.10 Å². The zero-order chi connectivity index (χ0) is 9.90. The first kappa shape index (κ1) is 10.5. The maximum absolute atomic E-state index is 9.60. The molecule has 13 heavy (non-hydrogen) atoms. The zero-order valence-electron chi connectivity index (χ0n) is 8.33. The number of ether oxygens (including phenoxy) is 2. The van der Waals surface area contributed by atoms with Gasteiger partial charge in [-0.3, -0.25) is 0 Å². The van der Waals surface area contributed by atoms with Gasteiger partial charge in [0.05, 0.1) is 12.7 Å². The van der Waals surface area contributed by atoms with Crippen LogP contribution in [0.1, 0.15) is 27.2 Å². The van der Waals surface area contributed by atoms with Crippen molar-refractivity contribution in [2.24, 2.45) is 0 Å². The molecule has 1 N–H and O–H groups in total. The molecule has 0 aromatic carbocycles. The fourth-order valence-corrected chi connectivity index (χ4v) is 1.24. The lowest BCUT2D eigenvalue weighted by Crippen LogP contribution is -2.30. The Hall–Kier alpha value is -0.560. The summed E-state index contributed by atoms with van der Waals surface area (Å²) in [7, 11) is 0. The Labute approximate surface area is 79.0 Å². The molecule has 0 bridgehead atoms. The van der Waals surface area contributed by atoms with Crippen molar-refractivity contribution >= 4 is 0 Å². The molecular formula is C10H16O3. The van der Waals surface area contributed by atoms with Gasteiger partial charge in [-0.15, -0.1) is 11.8 Å². The van der Waals surface area contributed by atoms with E-state index in [-0.39, 0.29) is 6.10 Å². The summed E-state index contributed by atoms with van der Waals surface area (Å²) >= 11 is 0. The SMILES string of the molecule is CC#CCC(O)C1COC(C)(C)O1. The Morgan fingerprint density at radius 1 is 1.62 bits per heavy atom. The lowest BCUT2D eigenvalue weighted by Gasteiger charge is -2.19. The van der Waals surface area contributed by atoms with E-state index < -0.39 is 11.9 Å². The van der Waals surface area contributed by atoms with Crippen LogP contribution in [0.2, 0.25) is 0 Å². The smallest absolute Gasteiger partial charge is 0.163 e. The highest BCUT2D eigenvalue weighted by atomic mass is 16.7. The number of aliphatic hydroxyl groups excluding tert-OH is 1. The molecule has 0 amide bonds. The first-order valence-corrected chi connectivity index (χ1v) is 4.44. The summed E-state index contributed by atoms with van der Waals surface area (Å²) in [4.78, 5) is 0. The van der Waals surface area contributed by atoms with E-state index in [0.717, 1.165) is 0 Å². The van der Waals surface area contributed by atoms with E-state index in [1.807, 2.05) is 13.8 Å². The molecule has 74 valence electrons. The summed E-state index contributed by atoms with van der Waals surface area (Å²) in [5.41, 5.74) is 0. The van der Waals surface area contributed by atoms with E-state index in [2.05, 4.69) is 11.8 Å². The number of rotatable bonds is 2. The van der Waals surface area contributed by atoms with E-state index in [9.17, 15) is 5.11 Å². The lowest BCUT2D eigenvalue weighted by molar-refractivity contribution is -0.150. The van der Waals surface area contributed by atoms with E-state index in [1.165, 1.54) is 0 Å². The largest absolute Gasteiger partial charge is 0.389 e. The molecule has 0 aromatic rings. The van der Waals surface area contributed by atoms with Crippen LogP contribution in [0.25, 0.3) is 0 Å². The average Bonchev–Trinajstić information content (AvgIpc) is 2.42. The summed E-state index contributed by atoms with van der Waals surface area (Å²) in [5, 5.41) is 9.60. The molecule has 2 unspecified atom stereocenters. The summed E-state index contributed by atoms with van der Waals surface area (Å²) in [6.45, 7) is 5.87. The standard InChI is InChI=1S/C10H16O3/c1-4-5-6-8(11)9-7-12-10(2,3)13-9/h8-9,11H,6-7H2,1-3H3. The summed E-state index contributed by atoms with van der Waals surface area (Å²) in [6.07, 6.45) is -0.342. The summed E-state index contributed by atoms with van der Waals surface area (Å²) < 4.78 is 10.8. The van der Waals surface area contributed by atoms with Crippen LogP contribution in [0.15, 0.2) is 0 Å². The zero-order valence-corrected chi connectivity index (χ0v) is 8.33. The van der Waals surface area contributed by atoms with E-state index in [0.29, 0.717) is 13.0 Å². The second-order valence-electron chi connectivity index (χ2n) is 3.57. The van der Waals surface area contributed by atoms with Crippen LogP contribution < -0.4 is 0 Å². The van der Waals surface area contributed by atoms with Crippen molar-refractivity contribution in [3.63, 3.8) is 0 Å². The highest BCUT2D eigenvalue weighted by molar-refractivity contribution is 4.98. The molecule has 0 saturated carbocycles. The van der Waals surface area contributed by atoms with Crippen LogP contribution in [0, 0.1) is 11.8 Å². The van der Waals surface area contributed by atoms with Gasteiger partial charge >= 0.3 is 0 Å². The van der Waals surface area contributed by atoms with Gasteiger partial charge < -0.3 is 14.6 Å². The molecule has 3 nitrogen and oxygen atoms in total. The fourth-order valence-electron chi connectivity index (χ4n) is 1.24. The molecule has 1 saturated heterocycles. The van der Waals surface area contributed by atoms with Gasteiger partial charge in [0, 0.05) is 6.42 Å². The maximum Gasteiger partial charge on any atom is 0.163 e. The topological polar surface area (TPSA) is 38.7 Å². The molecule has 1 heterocycles. The summed E-state index contributed by atoms with van der Waals surface area (Å²) in [6, 6.07) is 0. The molecule has 0 radical (unpaired) electrons. The minimum absolute atomic E-state index is 0.240. The van der Waals surface area contributed by atoms with Crippen LogP contribution in [0.4, 0.5) is 0 Å². The highest BCUT2D eigenvalue weighted by Gasteiger charge is 2.36. The molecule has 2 atom stereocenters. The number of hydrogen-bond acceptors (Lipinski definition) is 3. The number of hydrogen-bond donors (Lipinski definition) is 1. The first-order valence-electron chi connectivity index (χ1n) is 4.44. The minimum atomic E-state index is -0.564. The van der Waals surface area contributed by atoms with E-state index >= 15 is 0 Å². The Morgan fingerprint density at radius 3 is 2.77 bits per heavy atom. The fraction of sp³-hybridized carbons (Fsp3) is 0.800. The van der Waals surface area contributed by atoms with Crippen molar-refractivity contribution in [1.82, 2.24) is 0 Å². The van der Waals surface area contributed by atoms with Gasteiger partial charge in [-0.25, -0.2) is 0 Å². The highest BCUT2D eigenvalue weighted by Crippen LogP contribution is 2.24. The van der Waals surface area contributed by atoms with Crippen LogP contribution in [-0.4, -0.2) is 29.7 Å². The molecule has 1 rings (SSSR count). The number of aliphatic hydroxyl groups is 1. The second-order valence-corrected chi connectivity index (χ2v) is 3.57. The predicted molar refractivity (Wildman–Crippen MR) is 49.0 cm³/mol. The van der Waals surface area contributed by atoms with Gasteiger partial charge in [-0.05, 0) is 20.8 Å². The molecule has 0 aromatic heterocycles. The van der Waals surface area contributed by atoms with Crippen LogP contribution in [-0.2, 0) is 9.47 Å². The molecule has 1 fully saturated rings. The van der Waals surface area contributed by atoms with Crippen molar-refractivity contribution < 1.29 is 14.6 Å². The van der Waals surface area contributed by atoms with Crippen LogP contribution in [0.3, 0.4) is 0 Å². The Morgan fingerprint density at radius 2 is 2.31 bits per heavy atom. The molecular weight excluding hydrogens is 168 g/mol. The van der Waals surface area contributed by atoms with Gasteiger partial charge in [0.2, 0.25) is 0 Å². The molecule has 0 spiro atoms. The predicted octanol–water partition coefficient (Wildman–Crippen LogP) is 0.912. The summed E-state index contributed by atoms with van der Waals surface area (Å²) in [5.74, 6) is 4.99. The van der Waals surface area contributed by atoms with E-state index in [1.54, 1.807) is 6.92 Å². The van der Waals surface area contributed by atoms with Crippen LogP contribution in [0.5, 0.6) is 0 Å². The Bertz CT molecular complexity index is 224. The molecule has 1 aliphatic heterocycles. The Kier molecular flexibility index (Phi) is 3.32. The average molecular weight is 184 g/mol. The third-order valence-corrected chi connectivity index (χ3v) is 1.95. The minimum Gasteiger partial charge on any atom is -0.389 e. The van der Waals surface area contributed by atoms with Crippen LogP contribution >= 0.6 is 0 Å². The second kappa shape index (κ2) is 4.10. The van der Waals surface area contributed by atoms with Gasteiger partial charge in [0.15, 0.2) is 5.79 Å². The van der Waals surface area contributed by atoms with Crippen molar-refractivity contribution in [2.45, 2.75) is 45.2 Å². The van der Waals surface area contributed by atoms with Gasteiger partial charge in [0.25, 0.3) is 0 Å². The molecule has 1 aliphatic rings. The third-order valence-electron chi connectivity index (χ3n) is 1.95.